The Morgan fingerprint density at radius 2 is 2.00 bits per heavy atom. The van der Waals surface area contributed by atoms with Gasteiger partial charge in [-0.2, -0.15) is 0 Å². The van der Waals surface area contributed by atoms with Crippen molar-refractivity contribution in [1.82, 2.24) is 9.80 Å². The molecule has 2 aliphatic rings. The summed E-state index contributed by atoms with van der Waals surface area (Å²) in [4.78, 5) is 18.6. The third kappa shape index (κ3) is 2.98. The average Bonchev–Trinajstić information content (AvgIpc) is 3.27. The molecule has 1 amide bonds. The summed E-state index contributed by atoms with van der Waals surface area (Å²) in [5.74, 6) is 0.0114. The zero-order chi connectivity index (χ0) is 16.6. The predicted molar refractivity (Wildman–Crippen MR) is 93.1 cm³/mol. The van der Waals surface area contributed by atoms with Gasteiger partial charge in [0.15, 0.2) is 0 Å². The van der Waals surface area contributed by atoms with Crippen LogP contribution in [0.25, 0.3) is 0 Å². The van der Waals surface area contributed by atoms with E-state index in [9.17, 15) is 9.18 Å². The lowest BCUT2D eigenvalue weighted by atomic mass is 9.85. The standard InChI is InChI=1S/C19H21FN2OS/c20-16-4-1-3-15(11-16)12-22-9-7-19(18(22)23)6-8-21(14-19)13-17-5-2-10-24-17/h1-5,10-11H,6-9,12-14H2/t19-/m0/s1. The number of likely N-dealkylation sites (tertiary alicyclic amines) is 2. The van der Waals surface area contributed by atoms with Crippen LogP contribution in [0.5, 0.6) is 0 Å². The maximum absolute atomic E-state index is 13.4. The summed E-state index contributed by atoms with van der Waals surface area (Å²) in [5, 5.41) is 2.10. The van der Waals surface area contributed by atoms with Crippen LogP contribution in [0, 0.1) is 11.2 Å². The zero-order valence-corrected chi connectivity index (χ0v) is 14.4. The molecule has 2 fully saturated rings. The fraction of sp³-hybridized carbons (Fsp3) is 0.421. The third-order valence-corrected chi connectivity index (χ3v) is 6.12. The van der Waals surface area contributed by atoms with Crippen molar-refractivity contribution in [3.8, 4) is 0 Å². The molecule has 0 saturated carbocycles. The summed E-state index contributed by atoms with van der Waals surface area (Å²) in [6.07, 6.45) is 1.86. The van der Waals surface area contributed by atoms with Crippen molar-refractivity contribution in [1.29, 1.82) is 0 Å². The van der Waals surface area contributed by atoms with Crippen LogP contribution in [0.3, 0.4) is 0 Å². The van der Waals surface area contributed by atoms with Gasteiger partial charge in [0.1, 0.15) is 5.82 Å². The Kier molecular flexibility index (Phi) is 4.14. The number of halogens is 1. The first kappa shape index (κ1) is 15.8. The van der Waals surface area contributed by atoms with E-state index in [1.807, 2.05) is 11.0 Å². The van der Waals surface area contributed by atoms with Crippen molar-refractivity contribution in [3.05, 3.63) is 58.0 Å². The van der Waals surface area contributed by atoms with Crippen molar-refractivity contribution in [2.75, 3.05) is 19.6 Å². The number of benzene rings is 1. The number of carbonyl (C=O) groups excluding carboxylic acids is 1. The van der Waals surface area contributed by atoms with E-state index in [1.54, 1.807) is 17.4 Å². The van der Waals surface area contributed by atoms with Gasteiger partial charge in [-0.1, -0.05) is 18.2 Å². The molecule has 3 nitrogen and oxygen atoms in total. The summed E-state index contributed by atoms with van der Waals surface area (Å²) in [6.45, 7) is 4.07. The van der Waals surface area contributed by atoms with E-state index in [2.05, 4.69) is 22.4 Å². The van der Waals surface area contributed by atoms with Gasteiger partial charge in [0.05, 0.1) is 5.41 Å². The fourth-order valence-electron chi connectivity index (χ4n) is 3.99. The Bertz CT molecular complexity index is 733. The summed E-state index contributed by atoms with van der Waals surface area (Å²) in [6, 6.07) is 10.8. The molecule has 3 heterocycles. The van der Waals surface area contributed by atoms with E-state index in [-0.39, 0.29) is 17.1 Å². The van der Waals surface area contributed by atoms with Crippen molar-refractivity contribution in [3.63, 3.8) is 0 Å². The topological polar surface area (TPSA) is 23.6 Å². The monoisotopic (exact) mass is 344 g/mol. The quantitative estimate of drug-likeness (QED) is 0.847. The second kappa shape index (κ2) is 6.30. The molecule has 1 aromatic carbocycles. The molecule has 2 aromatic rings. The maximum atomic E-state index is 13.4. The average molecular weight is 344 g/mol. The lowest BCUT2D eigenvalue weighted by Gasteiger charge is -2.23. The number of hydrogen-bond acceptors (Lipinski definition) is 3. The number of nitrogens with zero attached hydrogens (tertiary/aromatic N) is 2. The van der Waals surface area contributed by atoms with Crippen LogP contribution in [0.15, 0.2) is 41.8 Å². The molecule has 126 valence electrons. The molecule has 2 saturated heterocycles. The molecule has 4 rings (SSSR count). The van der Waals surface area contributed by atoms with Crippen LogP contribution >= 0.6 is 11.3 Å². The molecular weight excluding hydrogens is 323 g/mol. The third-order valence-electron chi connectivity index (χ3n) is 5.26. The minimum Gasteiger partial charge on any atom is -0.338 e. The Hall–Kier alpha value is -1.72. The van der Waals surface area contributed by atoms with Gasteiger partial charge in [-0.05, 0) is 48.5 Å². The second-order valence-electron chi connectivity index (χ2n) is 6.93. The zero-order valence-electron chi connectivity index (χ0n) is 13.6. The lowest BCUT2D eigenvalue weighted by Crippen LogP contribution is -2.36. The largest absolute Gasteiger partial charge is 0.338 e. The SMILES string of the molecule is O=C1N(Cc2cccc(F)c2)CC[C@]12CCN(Cc1cccs1)C2. The molecule has 1 aromatic heterocycles. The molecular formula is C19H21FN2OS. The van der Waals surface area contributed by atoms with E-state index >= 15 is 0 Å². The summed E-state index contributed by atoms with van der Waals surface area (Å²) >= 11 is 1.77. The molecule has 0 aliphatic carbocycles. The summed E-state index contributed by atoms with van der Waals surface area (Å²) in [5.41, 5.74) is 0.652. The number of hydrogen-bond donors (Lipinski definition) is 0. The summed E-state index contributed by atoms with van der Waals surface area (Å²) in [7, 11) is 0. The first-order valence-corrected chi connectivity index (χ1v) is 9.31. The first-order valence-electron chi connectivity index (χ1n) is 8.43. The molecule has 24 heavy (non-hydrogen) atoms. The number of rotatable bonds is 4. The molecule has 0 radical (unpaired) electrons. The second-order valence-corrected chi connectivity index (χ2v) is 7.96. The highest BCUT2D eigenvalue weighted by molar-refractivity contribution is 7.09. The van der Waals surface area contributed by atoms with Gasteiger partial charge >= 0.3 is 0 Å². The van der Waals surface area contributed by atoms with Crippen LogP contribution in [0.2, 0.25) is 0 Å². The maximum Gasteiger partial charge on any atom is 0.230 e. The van der Waals surface area contributed by atoms with Gasteiger partial charge in [-0.15, -0.1) is 11.3 Å². The Labute approximate surface area is 145 Å². The molecule has 0 unspecified atom stereocenters. The van der Waals surface area contributed by atoms with Crippen LogP contribution < -0.4 is 0 Å². The molecule has 1 spiro atoms. The molecule has 1 atom stereocenters. The Balaban J connectivity index is 1.41. The summed E-state index contributed by atoms with van der Waals surface area (Å²) < 4.78 is 13.4. The van der Waals surface area contributed by atoms with Crippen LogP contribution in [0.4, 0.5) is 4.39 Å². The predicted octanol–water partition coefficient (Wildman–Crippen LogP) is 3.51. The van der Waals surface area contributed by atoms with Gasteiger partial charge in [0.2, 0.25) is 5.91 Å². The van der Waals surface area contributed by atoms with Crippen LogP contribution in [-0.2, 0) is 17.9 Å². The lowest BCUT2D eigenvalue weighted by molar-refractivity contribution is -0.136. The van der Waals surface area contributed by atoms with E-state index in [0.717, 1.165) is 44.6 Å². The fourth-order valence-corrected chi connectivity index (χ4v) is 4.74. The highest BCUT2D eigenvalue weighted by Gasteiger charge is 2.50. The van der Waals surface area contributed by atoms with Crippen molar-refractivity contribution >= 4 is 17.2 Å². The van der Waals surface area contributed by atoms with E-state index in [1.165, 1.54) is 17.0 Å². The van der Waals surface area contributed by atoms with Crippen molar-refractivity contribution < 1.29 is 9.18 Å². The van der Waals surface area contributed by atoms with Crippen LogP contribution in [0.1, 0.15) is 23.3 Å². The molecule has 2 aliphatic heterocycles. The number of amides is 1. The van der Waals surface area contributed by atoms with E-state index in [0.29, 0.717) is 6.54 Å². The van der Waals surface area contributed by atoms with Crippen LogP contribution in [-0.4, -0.2) is 35.3 Å². The normalized spacial score (nSPS) is 24.4. The van der Waals surface area contributed by atoms with E-state index < -0.39 is 0 Å². The van der Waals surface area contributed by atoms with Crippen molar-refractivity contribution in [2.24, 2.45) is 5.41 Å². The van der Waals surface area contributed by atoms with Gasteiger partial charge in [-0.3, -0.25) is 9.69 Å². The number of carbonyl (C=O) groups is 1. The van der Waals surface area contributed by atoms with Gasteiger partial charge < -0.3 is 4.90 Å². The Morgan fingerprint density at radius 3 is 2.79 bits per heavy atom. The smallest absolute Gasteiger partial charge is 0.230 e. The number of thiophene rings is 1. The van der Waals surface area contributed by atoms with Gasteiger partial charge in [-0.25, -0.2) is 4.39 Å². The molecule has 0 N–H and O–H groups in total. The first-order chi connectivity index (χ1) is 11.6. The minimum absolute atomic E-state index is 0.218. The van der Waals surface area contributed by atoms with Gasteiger partial charge in [0.25, 0.3) is 0 Å². The highest BCUT2D eigenvalue weighted by Crippen LogP contribution is 2.41. The van der Waals surface area contributed by atoms with E-state index in [4.69, 9.17) is 0 Å². The highest BCUT2D eigenvalue weighted by atomic mass is 32.1. The Morgan fingerprint density at radius 1 is 1.12 bits per heavy atom. The molecule has 5 heteroatoms. The molecule has 0 bridgehead atoms. The van der Waals surface area contributed by atoms with Crippen molar-refractivity contribution in [2.45, 2.75) is 25.9 Å². The minimum atomic E-state index is -0.239. The van der Waals surface area contributed by atoms with Gasteiger partial charge in [0, 0.05) is 31.1 Å².